The summed E-state index contributed by atoms with van der Waals surface area (Å²) < 4.78 is 23.4. The van der Waals surface area contributed by atoms with Gasteiger partial charge >= 0.3 is 0 Å². The number of halogens is 1. The third-order valence-corrected chi connectivity index (χ3v) is 5.64. The summed E-state index contributed by atoms with van der Waals surface area (Å²) in [4.78, 5) is 13.0. The highest BCUT2D eigenvalue weighted by Crippen LogP contribution is 2.36. The molecule has 4 aromatic rings. The maximum atomic E-state index is 14.1. The molecule has 0 radical (unpaired) electrons. The summed E-state index contributed by atoms with van der Waals surface area (Å²) in [6.07, 6.45) is 5.90. The minimum Gasteiger partial charge on any atom is -0.493 e. The number of hydrogen-bond acceptors (Lipinski definition) is 3. The topological polar surface area (TPSA) is 60.6 Å². The van der Waals surface area contributed by atoms with Crippen LogP contribution in [0, 0.1) is 12.7 Å². The predicted molar refractivity (Wildman–Crippen MR) is 111 cm³/mol. The molecule has 3 heterocycles. The second-order valence-corrected chi connectivity index (χ2v) is 7.62. The van der Waals surface area contributed by atoms with Crippen molar-refractivity contribution in [2.24, 2.45) is 7.05 Å². The zero-order valence-corrected chi connectivity index (χ0v) is 16.7. The summed E-state index contributed by atoms with van der Waals surface area (Å²) in [5, 5.41) is 7.37. The fourth-order valence-electron chi connectivity index (χ4n) is 3.94. The van der Waals surface area contributed by atoms with Crippen molar-refractivity contribution in [1.82, 2.24) is 19.5 Å². The number of nitrogens with zero attached hydrogens (tertiary/aromatic N) is 3. The molecule has 0 saturated carbocycles. The van der Waals surface area contributed by atoms with Gasteiger partial charge in [-0.2, -0.15) is 5.10 Å². The molecule has 7 heteroatoms. The van der Waals surface area contributed by atoms with Gasteiger partial charge in [0.25, 0.3) is 5.91 Å². The Morgan fingerprint density at radius 2 is 2.00 bits per heavy atom. The average Bonchev–Trinajstić information content (AvgIpc) is 3.33. The summed E-state index contributed by atoms with van der Waals surface area (Å²) in [5.41, 5.74) is 4.43. The minimum atomic E-state index is -0.237. The van der Waals surface area contributed by atoms with Gasteiger partial charge in [-0.05, 0) is 41.8 Å². The number of aryl methyl sites for hydroxylation is 2. The Bertz CT molecular complexity index is 1270. The Kier molecular flexibility index (Phi) is 4.31. The van der Waals surface area contributed by atoms with E-state index in [1.807, 2.05) is 48.3 Å². The molecular weight excluding hydrogens is 383 g/mol. The van der Waals surface area contributed by atoms with Crippen molar-refractivity contribution >= 4 is 11.6 Å². The smallest absolute Gasteiger partial charge is 0.257 e. The number of benzene rings is 2. The zero-order valence-electron chi connectivity index (χ0n) is 16.7. The molecule has 0 bridgehead atoms. The largest absolute Gasteiger partial charge is 0.493 e. The van der Waals surface area contributed by atoms with E-state index in [1.54, 1.807) is 23.7 Å². The van der Waals surface area contributed by atoms with Gasteiger partial charge in [0, 0.05) is 31.4 Å². The molecule has 0 aliphatic carbocycles. The Hall–Kier alpha value is -3.61. The molecule has 5 rings (SSSR count). The van der Waals surface area contributed by atoms with E-state index in [4.69, 9.17) is 4.74 Å². The van der Waals surface area contributed by atoms with Crippen molar-refractivity contribution in [2.75, 3.05) is 6.61 Å². The zero-order chi connectivity index (χ0) is 20.8. The molecule has 0 fully saturated rings. The normalized spacial score (nSPS) is 15.6. The van der Waals surface area contributed by atoms with Crippen LogP contribution >= 0.6 is 0 Å². The summed E-state index contributed by atoms with van der Waals surface area (Å²) >= 11 is 0. The number of imidazole rings is 1. The first kappa shape index (κ1) is 18.4. The maximum absolute atomic E-state index is 14.1. The fourth-order valence-corrected chi connectivity index (χ4v) is 3.94. The van der Waals surface area contributed by atoms with E-state index in [0.29, 0.717) is 24.2 Å². The van der Waals surface area contributed by atoms with Crippen molar-refractivity contribution in [1.29, 1.82) is 0 Å². The number of fused-ring (bicyclic) bond motifs is 2. The monoisotopic (exact) mass is 404 g/mol. The Labute approximate surface area is 172 Å². The fraction of sp³-hybridized carbons (Fsp3) is 0.217. The predicted octanol–water partition coefficient (Wildman–Crippen LogP) is 4.04. The van der Waals surface area contributed by atoms with Crippen LogP contribution in [0.25, 0.3) is 16.8 Å². The van der Waals surface area contributed by atoms with Crippen LogP contribution in [-0.4, -0.2) is 26.7 Å². The van der Waals surface area contributed by atoms with Gasteiger partial charge < -0.3 is 14.6 Å². The molecule has 0 spiro atoms. The highest BCUT2D eigenvalue weighted by Gasteiger charge is 2.26. The lowest BCUT2D eigenvalue weighted by atomic mass is 9.95. The second-order valence-electron chi connectivity index (χ2n) is 7.62. The van der Waals surface area contributed by atoms with Crippen molar-refractivity contribution in [3.8, 4) is 16.9 Å². The quantitative estimate of drug-likeness (QED) is 0.561. The van der Waals surface area contributed by atoms with E-state index in [1.165, 1.54) is 6.07 Å². The van der Waals surface area contributed by atoms with Gasteiger partial charge in [0.15, 0.2) is 0 Å². The van der Waals surface area contributed by atoms with Crippen LogP contribution in [0.5, 0.6) is 5.75 Å². The van der Waals surface area contributed by atoms with E-state index >= 15 is 0 Å². The molecule has 6 nitrogen and oxygen atoms in total. The number of carbonyl (C=O) groups is 1. The summed E-state index contributed by atoms with van der Waals surface area (Å²) in [5.74, 6) is 0.317. The number of hydrogen-bond donors (Lipinski definition) is 1. The Morgan fingerprint density at radius 1 is 1.20 bits per heavy atom. The van der Waals surface area contributed by atoms with E-state index < -0.39 is 0 Å². The highest BCUT2D eigenvalue weighted by molar-refractivity contribution is 6.00. The van der Waals surface area contributed by atoms with Gasteiger partial charge in [0.2, 0.25) is 0 Å². The number of rotatable bonds is 3. The number of aromatic nitrogens is 3. The highest BCUT2D eigenvalue weighted by atomic mass is 19.1. The van der Waals surface area contributed by atoms with Crippen LogP contribution in [0.1, 0.15) is 33.9 Å². The minimum absolute atomic E-state index is 0.184. The molecule has 1 amide bonds. The van der Waals surface area contributed by atoms with E-state index in [0.717, 1.165) is 28.1 Å². The van der Waals surface area contributed by atoms with E-state index in [9.17, 15) is 9.18 Å². The van der Waals surface area contributed by atoms with Gasteiger partial charge in [0.05, 0.1) is 18.8 Å². The number of ether oxygens (including phenoxy) is 1. The summed E-state index contributed by atoms with van der Waals surface area (Å²) in [7, 11) is 1.88. The van der Waals surface area contributed by atoms with Crippen LogP contribution in [0.15, 0.2) is 55.0 Å². The molecule has 1 atom stereocenters. The SMILES string of the molecule is Cc1ccc(-c2ccc3c(c2)C(NC(=O)c2cnn4ccn(C)c24)CCO3)cc1F. The first-order valence-electron chi connectivity index (χ1n) is 9.84. The number of amides is 1. The van der Waals surface area contributed by atoms with E-state index in [2.05, 4.69) is 10.4 Å². The molecule has 1 N–H and O–H groups in total. The maximum Gasteiger partial charge on any atom is 0.257 e. The summed E-state index contributed by atoms with van der Waals surface area (Å²) in [6.45, 7) is 2.26. The third-order valence-electron chi connectivity index (χ3n) is 5.64. The molecule has 1 aliphatic heterocycles. The molecule has 0 saturated heterocycles. The van der Waals surface area contributed by atoms with Crippen LogP contribution in [-0.2, 0) is 7.05 Å². The van der Waals surface area contributed by atoms with Crippen molar-refractivity contribution in [2.45, 2.75) is 19.4 Å². The third kappa shape index (κ3) is 3.03. The van der Waals surface area contributed by atoms with Gasteiger partial charge in [-0.15, -0.1) is 0 Å². The Balaban J connectivity index is 1.47. The van der Waals surface area contributed by atoms with E-state index in [-0.39, 0.29) is 17.8 Å². The molecular formula is C23H21FN4O2. The average molecular weight is 404 g/mol. The number of nitrogens with one attached hydrogen (secondary N) is 1. The van der Waals surface area contributed by atoms with Crippen molar-refractivity contribution in [3.63, 3.8) is 0 Å². The lowest BCUT2D eigenvalue weighted by Crippen LogP contribution is -2.32. The van der Waals surface area contributed by atoms with Gasteiger partial charge in [-0.1, -0.05) is 18.2 Å². The van der Waals surface area contributed by atoms with Gasteiger partial charge in [-0.3, -0.25) is 4.79 Å². The molecule has 2 aromatic heterocycles. The van der Waals surface area contributed by atoms with Crippen molar-refractivity contribution < 1.29 is 13.9 Å². The molecule has 1 aliphatic rings. The second kappa shape index (κ2) is 7.02. The van der Waals surface area contributed by atoms with Gasteiger partial charge in [-0.25, -0.2) is 8.91 Å². The lowest BCUT2D eigenvalue weighted by Gasteiger charge is -2.27. The molecule has 1 unspecified atom stereocenters. The Morgan fingerprint density at radius 3 is 2.83 bits per heavy atom. The van der Waals surface area contributed by atoms with Gasteiger partial charge in [0.1, 0.15) is 22.8 Å². The summed E-state index contributed by atoms with van der Waals surface area (Å²) in [6, 6.07) is 10.8. The number of carbonyl (C=O) groups excluding carboxylic acids is 1. The standard InChI is InChI=1S/C23H21FN4O2/c1-14-3-4-16(12-19(14)24)15-5-6-21-17(11-15)20(7-10-30-21)26-22(29)18-13-25-28-9-8-27(2)23(18)28/h3-6,8-9,11-13,20H,7,10H2,1-2H3,(H,26,29). The molecule has 30 heavy (non-hydrogen) atoms. The van der Waals surface area contributed by atoms with Crippen LogP contribution < -0.4 is 10.1 Å². The van der Waals surface area contributed by atoms with Crippen molar-refractivity contribution in [3.05, 3.63) is 77.5 Å². The van der Waals surface area contributed by atoms with Crippen LogP contribution in [0.4, 0.5) is 4.39 Å². The first-order chi connectivity index (χ1) is 14.5. The lowest BCUT2D eigenvalue weighted by molar-refractivity contribution is 0.0926. The molecule has 2 aromatic carbocycles. The van der Waals surface area contributed by atoms with Crippen LogP contribution in [0.2, 0.25) is 0 Å². The van der Waals surface area contributed by atoms with Crippen LogP contribution in [0.3, 0.4) is 0 Å². The molecule has 152 valence electrons. The first-order valence-corrected chi connectivity index (χ1v) is 9.84.